The molecule has 1 atom stereocenters. The van der Waals surface area contributed by atoms with Gasteiger partial charge < -0.3 is 4.90 Å². The summed E-state index contributed by atoms with van der Waals surface area (Å²) >= 11 is 6.05. The zero-order chi connectivity index (χ0) is 12.3. The van der Waals surface area contributed by atoms with Gasteiger partial charge in [0, 0.05) is 24.7 Å². The molecule has 1 nitrogen and oxygen atoms in total. The van der Waals surface area contributed by atoms with Crippen LogP contribution in [0.25, 0.3) is 0 Å². The zero-order valence-electron chi connectivity index (χ0n) is 10.9. The van der Waals surface area contributed by atoms with Crippen LogP contribution in [0.5, 0.6) is 0 Å². The third kappa shape index (κ3) is 2.95. The van der Waals surface area contributed by atoms with Crippen molar-refractivity contribution in [3.8, 4) is 0 Å². The van der Waals surface area contributed by atoms with Crippen LogP contribution in [0, 0.1) is 12.8 Å². The molecular weight excluding hydrogens is 230 g/mol. The van der Waals surface area contributed by atoms with E-state index in [1.54, 1.807) is 0 Å². The average Bonchev–Trinajstić information content (AvgIpc) is 2.78. The van der Waals surface area contributed by atoms with Crippen molar-refractivity contribution in [2.75, 3.05) is 18.0 Å². The van der Waals surface area contributed by atoms with E-state index < -0.39 is 0 Å². The first-order chi connectivity index (χ1) is 8.24. The summed E-state index contributed by atoms with van der Waals surface area (Å²) in [6, 6.07) is 6.65. The smallest absolute Gasteiger partial charge is 0.0494 e. The quantitative estimate of drug-likeness (QED) is 0.719. The molecule has 17 heavy (non-hydrogen) atoms. The van der Waals surface area contributed by atoms with Gasteiger partial charge in [-0.15, -0.1) is 11.6 Å². The van der Waals surface area contributed by atoms with E-state index in [1.165, 1.54) is 49.2 Å². The maximum absolute atomic E-state index is 6.05. The Morgan fingerprint density at radius 2 is 2.24 bits per heavy atom. The van der Waals surface area contributed by atoms with Crippen molar-refractivity contribution in [2.45, 2.75) is 39.0 Å². The Labute approximate surface area is 110 Å². The van der Waals surface area contributed by atoms with Crippen molar-refractivity contribution >= 4 is 17.3 Å². The second-order valence-corrected chi connectivity index (χ2v) is 5.42. The van der Waals surface area contributed by atoms with E-state index >= 15 is 0 Å². The lowest BCUT2D eigenvalue weighted by Crippen LogP contribution is -2.20. The molecule has 0 bridgehead atoms. The van der Waals surface area contributed by atoms with Crippen LogP contribution in [0.3, 0.4) is 0 Å². The Balaban J connectivity index is 2.12. The third-order valence-corrected chi connectivity index (χ3v) is 3.99. The number of alkyl halides is 1. The Morgan fingerprint density at radius 1 is 1.41 bits per heavy atom. The first-order valence-electron chi connectivity index (χ1n) is 6.65. The fourth-order valence-electron chi connectivity index (χ4n) is 2.83. The molecular formula is C15H22ClN. The molecule has 1 heterocycles. The molecule has 1 aromatic carbocycles. The minimum absolute atomic E-state index is 0.617. The molecule has 2 rings (SSSR count). The highest BCUT2D eigenvalue weighted by molar-refractivity contribution is 6.17. The minimum Gasteiger partial charge on any atom is -0.371 e. The SMILES string of the molecule is CCCC1CCN(c2ccc(C)cc2CCl)C1. The van der Waals surface area contributed by atoms with Crippen LogP contribution in [0.1, 0.15) is 37.3 Å². The van der Waals surface area contributed by atoms with Crippen LogP contribution >= 0.6 is 11.6 Å². The van der Waals surface area contributed by atoms with E-state index in [-0.39, 0.29) is 0 Å². The summed E-state index contributed by atoms with van der Waals surface area (Å²) in [4.78, 5) is 2.51. The molecule has 1 aliphatic rings. The van der Waals surface area contributed by atoms with Crippen molar-refractivity contribution < 1.29 is 0 Å². The van der Waals surface area contributed by atoms with E-state index in [4.69, 9.17) is 11.6 Å². The number of benzene rings is 1. The van der Waals surface area contributed by atoms with Gasteiger partial charge in [0.25, 0.3) is 0 Å². The molecule has 94 valence electrons. The number of halogens is 1. The topological polar surface area (TPSA) is 3.24 Å². The first kappa shape index (κ1) is 12.8. The molecule has 0 aliphatic carbocycles. The molecule has 0 aromatic heterocycles. The molecule has 2 heteroatoms. The van der Waals surface area contributed by atoms with E-state index in [9.17, 15) is 0 Å². The molecule has 0 N–H and O–H groups in total. The Hall–Kier alpha value is -0.690. The van der Waals surface area contributed by atoms with Crippen LogP contribution in [0.15, 0.2) is 18.2 Å². The number of rotatable bonds is 4. The van der Waals surface area contributed by atoms with Crippen molar-refractivity contribution in [3.05, 3.63) is 29.3 Å². The highest BCUT2D eigenvalue weighted by Crippen LogP contribution is 2.30. The molecule has 1 unspecified atom stereocenters. The van der Waals surface area contributed by atoms with Crippen molar-refractivity contribution in [1.29, 1.82) is 0 Å². The highest BCUT2D eigenvalue weighted by Gasteiger charge is 2.23. The van der Waals surface area contributed by atoms with Crippen molar-refractivity contribution in [2.24, 2.45) is 5.92 Å². The maximum Gasteiger partial charge on any atom is 0.0494 e. The second-order valence-electron chi connectivity index (χ2n) is 5.16. The molecule has 1 aromatic rings. The van der Waals surface area contributed by atoms with Gasteiger partial charge in [-0.25, -0.2) is 0 Å². The monoisotopic (exact) mass is 251 g/mol. The average molecular weight is 252 g/mol. The zero-order valence-corrected chi connectivity index (χ0v) is 11.6. The molecule has 1 aliphatic heterocycles. The number of hydrogen-bond donors (Lipinski definition) is 0. The summed E-state index contributed by atoms with van der Waals surface area (Å²) in [5, 5.41) is 0. The number of anilines is 1. The molecule has 0 saturated carbocycles. The fourth-order valence-corrected chi connectivity index (χ4v) is 3.04. The van der Waals surface area contributed by atoms with Crippen LogP contribution in [0.4, 0.5) is 5.69 Å². The van der Waals surface area contributed by atoms with Crippen LogP contribution in [-0.4, -0.2) is 13.1 Å². The van der Waals surface area contributed by atoms with Gasteiger partial charge in [0.05, 0.1) is 0 Å². The third-order valence-electron chi connectivity index (χ3n) is 3.70. The number of aryl methyl sites for hydroxylation is 1. The predicted octanol–water partition coefficient (Wildman–Crippen LogP) is 4.36. The normalized spacial score (nSPS) is 19.9. The first-order valence-corrected chi connectivity index (χ1v) is 7.18. The number of nitrogens with zero attached hydrogens (tertiary/aromatic N) is 1. The lowest BCUT2D eigenvalue weighted by Gasteiger charge is -2.22. The Bertz CT molecular complexity index is 375. The summed E-state index contributed by atoms with van der Waals surface area (Å²) in [5.41, 5.74) is 3.93. The van der Waals surface area contributed by atoms with Gasteiger partial charge in [-0.3, -0.25) is 0 Å². The highest BCUT2D eigenvalue weighted by atomic mass is 35.5. The molecule has 0 spiro atoms. The van der Waals surface area contributed by atoms with E-state index in [0.717, 1.165) is 5.92 Å². The van der Waals surface area contributed by atoms with Gasteiger partial charge in [0.2, 0.25) is 0 Å². The van der Waals surface area contributed by atoms with E-state index in [0.29, 0.717) is 5.88 Å². The summed E-state index contributed by atoms with van der Waals surface area (Å²) in [6.45, 7) is 6.81. The van der Waals surface area contributed by atoms with Crippen LogP contribution < -0.4 is 4.90 Å². The van der Waals surface area contributed by atoms with Gasteiger partial charge in [-0.05, 0) is 37.3 Å². The molecule has 0 amide bonds. The van der Waals surface area contributed by atoms with Crippen molar-refractivity contribution in [3.63, 3.8) is 0 Å². The van der Waals surface area contributed by atoms with Gasteiger partial charge in [-0.2, -0.15) is 0 Å². The van der Waals surface area contributed by atoms with Crippen LogP contribution in [-0.2, 0) is 5.88 Å². The predicted molar refractivity (Wildman–Crippen MR) is 76.0 cm³/mol. The van der Waals surface area contributed by atoms with E-state index in [2.05, 4.69) is 36.9 Å². The standard InChI is InChI=1S/C15H22ClN/c1-3-4-13-7-8-17(11-13)15-6-5-12(2)9-14(15)10-16/h5-6,9,13H,3-4,7-8,10-11H2,1-2H3. The second kappa shape index (κ2) is 5.77. The van der Waals surface area contributed by atoms with Crippen LogP contribution in [0.2, 0.25) is 0 Å². The summed E-state index contributed by atoms with van der Waals surface area (Å²) in [6.07, 6.45) is 4.00. The number of hydrogen-bond acceptors (Lipinski definition) is 1. The van der Waals surface area contributed by atoms with Gasteiger partial charge in [0.1, 0.15) is 0 Å². The lowest BCUT2D eigenvalue weighted by atomic mass is 10.0. The maximum atomic E-state index is 6.05. The Morgan fingerprint density at radius 3 is 2.94 bits per heavy atom. The van der Waals surface area contributed by atoms with Crippen molar-refractivity contribution in [1.82, 2.24) is 0 Å². The van der Waals surface area contributed by atoms with Gasteiger partial charge in [0.15, 0.2) is 0 Å². The fraction of sp³-hybridized carbons (Fsp3) is 0.600. The lowest BCUT2D eigenvalue weighted by molar-refractivity contribution is 0.530. The van der Waals surface area contributed by atoms with E-state index in [1.807, 2.05) is 0 Å². The molecule has 1 saturated heterocycles. The Kier molecular flexibility index (Phi) is 4.33. The van der Waals surface area contributed by atoms with Gasteiger partial charge in [-0.1, -0.05) is 31.0 Å². The van der Waals surface area contributed by atoms with Gasteiger partial charge >= 0.3 is 0 Å². The largest absolute Gasteiger partial charge is 0.371 e. The summed E-state index contributed by atoms with van der Waals surface area (Å²) in [5.74, 6) is 1.50. The summed E-state index contributed by atoms with van der Waals surface area (Å²) < 4.78 is 0. The molecule has 0 radical (unpaired) electrons. The summed E-state index contributed by atoms with van der Waals surface area (Å²) in [7, 11) is 0. The minimum atomic E-state index is 0.617. The molecule has 1 fully saturated rings.